The molecule has 0 fully saturated rings. The number of amides is 1. The third-order valence-corrected chi connectivity index (χ3v) is 3.51. The second kappa shape index (κ2) is 3.95. The topological polar surface area (TPSA) is 33.2 Å². The van der Waals surface area contributed by atoms with Gasteiger partial charge in [-0.3, -0.25) is 9.78 Å². The lowest BCUT2D eigenvalue weighted by Gasteiger charge is -2.11. The third kappa shape index (κ3) is 1.59. The quantitative estimate of drug-likeness (QED) is 0.765. The molecule has 0 N–H and O–H groups in total. The molecule has 1 aliphatic rings. The molecule has 0 atom stereocenters. The molecular formula is C15H14N2O. The van der Waals surface area contributed by atoms with Crippen molar-refractivity contribution >= 4 is 11.6 Å². The van der Waals surface area contributed by atoms with Crippen LogP contribution in [-0.4, -0.2) is 17.9 Å². The molecule has 2 heterocycles. The van der Waals surface area contributed by atoms with Crippen LogP contribution in [0.3, 0.4) is 0 Å². The fourth-order valence-electron chi connectivity index (χ4n) is 2.40. The van der Waals surface area contributed by atoms with Crippen LogP contribution in [0.25, 0.3) is 11.1 Å². The normalized spacial score (nSPS) is 13.9. The number of anilines is 1. The van der Waals surface area contributed by atoms with Gasteiger partial charge in [0.1, 0.15) is 0 Å². The zero-order chi connectivity index (χ0) is 12.7. The van der Waals surface area contributed by atoms with Gasteiger partial charge in [-0.15, -0.1) is 0 Å². The minimum absolute atomic E-state index is 0.157. The molecule has 2 aromatic rings. The zero-order valence-electron chi connectivity index (χ0n) is 10.5. The van der Waals surface area contributed by atoms with Crippen LogP contribution in [0.15, 0.2) is 36.7 Å². The number of fused-ring (bicyclic) bond motifs is 1. The van der Waals surface area contributed by atoms with Crippen LogP contribution in [0.2, 0.25) is 0 Å². The Balaban J connectivity index is 2.10. The lowest BCUT2D eigenvalue weighted by atomic mass is 10.00. The van der Waals surface area contributed by atoms with Crippen LogP contribution >= 0.6 is 0 Å². The molecule has 0 radical (unpaired) electrons. The van der Waals surface area contributed by atoms with Crippen molar-refractivity contribution in [1.29, 1.82) is 0 Å². The Morgan fingerprint density at radius 1 is 1.28 bits per heavy atom. The minimum Gasteiger partial charge on any atom is -0.315 e. The summed E-state index contributed by atoms with van der Waals surface area (Å²) >= 11 is 0. The van der Waals surface area contributed by atoms with E-state index in [1.54, 1.807) is 11.1 Å². The van der Waals surface area contributed by atoms with Crippen LogP contribution in [-0.2, 0) is 11.2 Å². The van der Waals surface area contributed by atoms with Crippen molar-refractivity contribution in [2.45, 2.75) is 13.3 Å². The first-order valence-electron chi connectivity index (χ1n) is 5.97. The Kier molecular flexibility index (Phi) is 2.40. The maximum Gasteiger partial charge on any atom is 0.231 e. The van der Waals surface area contributed by atoms with Gasteiger partial charge in [0.25, 0.3) is 0 Å². The van der Waals surface area contributed by atoms with Crippen LogP contribution in [0.5, 0.6) is 0 Å². The summed E-state index contributed by atoms with van der Waals surface area (Å²) in [6, 6.07) is 8.17. The molecule has 1 aromatic carbocycles. The average Bonchev–Trinajstić information content (AvgIpc) is 2.65. The summed E-state index contributed by atoms with van der Waals surface area (Å²) in [5, 5.41) is 0. The van der Waals surface area contributed by atoms with E-state index in [1.807, 2.05) is 25.4 Å². The monoisotopic (exact) mass is 238 g/mol. The van der Waals surface area contributed by atoms with Gasteiger partial charge in [0.15, 0.2) is 0 Å². The maximum absolute atomic E-state index is 11.7. The number of nitrogens with zero attached hydrogens (tertiary/aromatic N) is 2. The summed E-state index contributed by atoms with van der Waals surface area (Å²) in [5.41, 5.74) is 5.57. The first-order valence-corrected chi connectivity index (χ1v) is 5.97. The SMILES string of the molecule is Cc1ccncc1-c1ccc2c(c1)CC(=O)N2C. The van der Waals surface area contributed by atoms with Gasteiger partial charge in [0.05, 0.1) is 6.42 Å². The Hall–Kier alpha value is -2.16. The Bertz CT molecular complexity index is 634. The molecule has 3 rings (SSSR count). The highest BCUT2D eigenvalue weighted by atomic mass is 16.2. The minimum atomic E-state index is 0.157. The van der Waals surface area contributed by atoms with Crippen LogP contribution < -0.4 is 4.90 Å². The summed E-state index contributed by atoms with van der Waals surface area (Å²) in [4.78, 5) is 17.5. The molecule has 18 heavy (non-hydrogen) atoms. The molecule has 1 aliphatic heterocycles. The molecule has 0 saturated carbocycles. The van der Waals surface area contributed by atoms with E-state index in [2.05, 4.69) is 24.0 Å². The summed E-state index contributed by atoms with van der Waals surface area (Å²) in [6.45, 7) is 2.07. The molecule has 1 aromatic heterocycles. The fraction of sp³-hybridized carbons (Fsp3) is 0.200. The molecule has 3 nitrogen and oxygen atoms in total. The van der Waals surface area contributed by atoms with Crippen molar-refractivity contribution in [1.82, 2.24) is 4.98 Å². The van der Waals surface area contributed by atoms with E-state index in [4.69, 9.17) is 0 Å². The molecule has 0 spiro atoms. The van der Waals surface area contributed by atoms with Crippen molar-refractivity contribution in [2.75, 3.05) is 11.9 Å². The fourth-order valence-corrected chi connectivity index (χ4v) is 2.40. The molecule has 3 heteroatoms. The van der Waals surface area contributed by atoms with E-state index in [9.17, 15) is 4.79 Å². The maximum atomic E-state index is 11.7. The summed E-state index contributed by atoms with van der Waals surface area (Å²) in [6.07, 6.45) is 4.17. The van der Waals surface area contributed by atoms with Gasteiger partial charge in [0, 0.05) is 30.7 Å². The number of aromatic nitrogens is 1. The first-order chi connectivity index (χ1) is 8.66. The number of carbonyl (C=O) groups is 1. The standard InChI is InChI=1S/C15H14N2O/c1-10-5-6-16-9-13(10)11-3-4-14-12(7-11)8-15(18)17(14)2/h3-7,9H,8H2,1-2H3. The number of aryl methyl sites for hydroxylation is 1. The van der Waals surface area contributed by atoms with E-state index < -0.39 is 0 Å². The van der Waals surface area contributed by atoms with E-state index in [-0.39, 0.29) is 5.91 Å². The number of hydrogen-bond acceptors (Lipinski definition) is 2. The summed E-state index contributed by atoms with van der Waals surface area (Å²) in [5.74, 6) is 0.157. The predicted molar refractivity (Wildman–Crippen MR) is 71.5 cm³/mol. The molecule has 90 valence electrons. The van der Waals surface area contributed by atoms with Crippen LogP contribution in [0, 0.1) is 6.92 Å². The number of benzene rings is 1. The van der Waals surface area contributed by atoms with Crippen molar-refractivity contribution in [3.63, 3.8) is 0 Å². The van der Waals surface area contributed by atoms with Gasteiger partial charge in [-0.05, 0) is 41.8 Å². The number of hydrogen-bond donors (Lipinski definition) is 0. The van der Waals surface area contributed by atoms with E-state index in [0.717, 1.165) is 22.4 Å². The molecule has 1 amide bonds. The predicted octanol–water partition coefficient (Wildman–Crippen LogP) is 2.58. The second-order valence-electron chi connectivity index (χ2n) is 4.66. The zero-order valence-corrected chi connectivity index (χ0v) is 10.5. The molecular weight excluding hydrogens is 224 g/mol. The smallest absolute Gasteiger partial charge is 0.231 e. The molecule has 0 aliphatic carbocycles. The van der Waals surface area contributed by atoms with Gasteiger partial charge < -0.3 is 4.90 Å². The van der Waals surface area contributed by atoms with Crippen LogP contribution in [0.4, 0.5) is 5.69 Å². The van der Waals surface area contributed by atoms with Crippen molar-refractivity contribution in [3.05, 3.63) is 47.8 Å². The van der Waals surface area contributed by atoms with Crippen molar-refractivity contribution in [3.8, 4) is 11.1 Å². The molecule has 0 saturated heterocycles. The van der Waals surface area contributed by atoms with Gasteiger partial charge in [0.2, 0.25) is 5.91 Å². The number of likely N-dealkylation sites (N-methyl/N-ethyl adjacent to an activating group) is 1. The summed E-state index contributed by atoms with van der Waals surface area (Å²) < 4.78 is 0. The van der Waals surface area contributed by atoms with E-state index in [0.29, 0.717) is 6.42 Å². The van der Waals surface area contributed by atoms with Gasteiger partial charge >= 0.3 is 0 Å². The number of rotatable bonds is 1. The number of pyridine rings is 1. The first kappa shape index (κ1) is 11.0. The third-order valence-electron chi connectivity index (χ3n) is 3.51. The Morgan fingerprint density at radius 2 is 2.11 bits per heavy atom. The van der Waals surface area contributed by atoms with Crippen molar-refractivity contribution < 1.29 is 4.79 Å². The Labute approximate surface area is 106 Å². The van der Waals surface area contributed by atoms with E-state index in [1.165, 1.54) is 5.56 Å². The highest BCUT2D eigenvalue weighted by Crippen LogP contribution is 2.32. The average molecular weight is 238 g/mol. The van der Waals surface area contributed by atoms with Gasteiger partial charge in [-0.25, -0.2) is 0 Å². The van der Waals surface area contributed by atoms with E-state index >= 15 is 0 Å². The summed E-state index contributed by atoms with van der Waals surface area (Å²) in [7, 11) is 1.82. The lowest BCUT2D eigenvalue weighted by molar-refractivity contribution is -0.117. The lowest BCUT2D eigenvalue weighted by Crippen LogP contribution is -2.20. The molecule has 0 unspecified atom stereocenters. The van der Waals surface area contributed by atoms with Gasteiger partial charge in [-0.2, -0.15) is 0 Å². The highest BCUT2D eigenvalue weighted by molar-refractivity contribution is 6.01. The van der Waals surface area contributed by atoms with Gasteiger partial charge in [-0.1, -0.05) is 6.07 Å². The van der Waals surface area contributed by atoms with Crippen LogP contribution in [0.1, 0.15) is 11.1 Å². The number of carbonyl (C=O) groups excluding carboxylic acids is 1. The Morgan fingerprint density at radius 3 is 2.89 bits per heavy atom. The van der Waals surface area contributed by atoms with Crippen molar-refractivity contribution in [2.24, 2.45) is 0 Å². The largest absolute Gasteiger partial charge is 0.315 e. The molecule has 0 bridgehead atoms. The highest BCUT2D eigenvalue weighted by Gasteiger charge is 2.24. The second-order valence-corrected chi connectivity index (χ2v) is 4.66.